The first-order valence-electron chi connectivity index (χ1n) is 8.67. The zero-order valence-electron chi connectivity index (χ0n) is 16.0. The summed E-state index contributed by atoms with van der Waals surface area (Å²) in [7, 11) is 2.25. The number of hydrogen-bond donors (Lipinski definition) is 0. The van der Waals surface area contributed by atoms with E-state index in [2.05, 4.69) is 0 Å². The van der Waals surface area contributed by atoms with Crippen LogP contribution in [0.2, 0.25) is 0 Å². The average Bonchev–Trinajstić information content (AvgIpc) is 3.17. The molecule has 6 nitrogen and oxygen atoms in total. The summed E-state index contributed by atoms with van der Waals surface area (Å²) in [6.45, 7) is 0. The molecule has 1 aromatic heterocycles. The van der Waals surface area contributed by atoms with E-state index in [4.69, 9.17) is 9.47 Å². The number of carbonyl (C=O) groups excluding carboxylic acids is 2. The van der Waals surface area contributed by atoms with Crippen molar-refractivity contribution in [1.29, 1.82) is 0 Å². The number of ether oxygens (including phenoxy) is 2. The van der Waals surface area contributed by atoms with Gasteiger partial charge in [0.1, 0.15) is 5.70 Å². The highest BCUT2D eigenvalue weighted by Gasteiger charge is 2.34. The first-order chi connectivity index (χ1) is 14.3. The Morgan fingerprint density at radius 1 is 0.933 bits per heavy atom. The highest BCUT2D eigenvalue weighted by Crippen LogP contribution is 2.37. The van der Waals surface area contributed by atoms with Gasteiger partial charge in [-0.15, -0.1) is 0 Å². The molecule has 0 N–H and O–H groups in total. The lowest BCUT2D eigenvalue weighted by atomic mass is 10.1. The molecular weight excluding hydrogens is 401 g/mol. The number of carbonyl (C=O) groups is 2. The fraction of sp³-hybridized carbons (Fsp3) is 0.143. The summed E-state index contributed by atoms with van der Waals surface area (Å²) in [4.78, 5) is 26.1. The van der Waals surface area contributed by atoms with E-state index >= 15 is 0 Å². The van der Waals surface area contributed by atoms with Gasteiger partial charge in [-0.05, 0) is 42.5 Å². The molecule has 0 bridgehead atoms. The molecule has 1 aliphatic heterocycles. The maximum Gasteiger partial charge on any atom is 0.416 e. The summed E-state index contributed by atoms with van der Waals surface area (Å²) in [6, 6.07) is 6.55. The standard InChI is InChI=1S/C21H17F3N2O4/c1-29-19(27)15-7-3-4-12-26(18(15)20(28)30-2)17-13-14(21(22,23)24)8-9-16(17)25-10-5-6-11-25/h3-13H,1-2H3. The van der Waals surface area contributed by atoms with Crippen LogP contribution in [0.25, 0.3) is 5.69 Å². The Kier molecular flexibility index (Phi) is 5.81. The van der Waals surface area contributed by atoms with Crippen molar-refractivity contribution in [3.05, 3.63) is 84.0 Å². The van der Waals surface area contributed by atoms with Crippen molar-refractivity contribution in [2.24, 2.45) is 0 Å². The van der Waals surface area contributed by atoms with Crippen LogP contribution in [-0.4, -0.2) is 30.7 Å². The van der Waals surface area contributed by atoms with Gasteiger partial charge in [0.2, 0.25) is 0 Å². The third-order valence-electron chi connectivity index (χ3n) is 4.33. The molecule has 0 aliphatic carbocycles. The highest BCUT2D eigenvalue weighted by molar-refractivity contribution is 6.05. The lowest BCUT2D eigenvalue weighted by molar-refractivity contribution is -0.139. The van der Waals surface area contributed by atoms with E-state index in [0.717, 1.165) is 26.4 Å². The largest absolute Gasteiger partial charge is 0.465 e. The smallest absolute Gasteiger partial charge is 0.416 e. The number of allylic oxidation sites excluding steroid dienone is 2. The number of alkyl halides is 3. The van der Waals surface area contributed by atoms with Gasteiger partial charge in [0, 0.05) is 18.6 Å². The minimum absolute atomic E-state index is 0.0165. The molecule has 2 aromatic rings. The molecule has 1 aliphatic rings. The van der Waals surface area contributed by atoms with E-state index in [-0.39, 0.29) is 17.0 Å². The van der Waals surface area contributed by atoms with Crippen molar-refractivity contribution in [2.45, 2.75) is 6.18 Å². The maximum atomic E-state index is 13.4. The normalized spacial score (nSPS) is 14.0. The molecule has 0 saturated heterocycles. The van der Waals surface area contributed by atoms with Crippen LogP contribution in [0.5, 0.6) is 0 Å². The number of rotatable bonds is 4. The molecule has 3 rings (SSSR count). The van der Waals surface area contributed by atoms with E-state index in [1.54, 1.807) is 29.1 Å². The molecule has 0 saturated carbocycles. The van der Waals surface area contributed by atoms with Gasteiger partial charge in [-0.1, -0.05) is 6.08 Å². The Labute approximate surface area is 170 Å². The Morgan fingerprint density at radius 2 is 1.60 bits per heavy atom. The van der Waals surface area contributed by atoms with E-state index < -0.39 is 23.7 Å². The van der Waals surface area contributed by atoms with Crippen LogP contribution in [0.4, 0.5) is 18.9 Å². The lowest BCUT2D eigenvalue weighted by Gasteiger charge is -2.26. The third kappa shape index (κ3) is 4.00. The van der Waals surface area contributed by atoms with Crippen LogP contribution in [0.1, 0.15) is 5.56 Å². The Hall–Kier alpha value is -3.75. The van der Waals surface area contributed by atoms with Crippen molar-refractivity contribution < 1.29 is 32.2 Å². The van der Waals surface area contributed by atoms with E-state index in [1.807, 2.05) is 0 Å². The van der Waals surface area contributed by atoms with Crippen LogP contribution in [0.15, 0.2) is 78.4 Å². The first kappa shape index (κ1) is 21.0. The number of nitrogens with zero attached hydrogens (tertiary/aromatic N) is 2. The Morgan fingerprint density at radius 3 is 2.20 bits per heavy atom. The summed E-state index contributed by atoms with van der Waals surface area (Å²) in [5, 5.41) is 0. The summed E-state index contributed by atoms with van der Waals surface area (Å²) >= 11 is 0. The SMILES string of the molecule is COC(=O)C1=C(C(=O)OC)N(c2cc(C(F)(F)F)ccc2-n2cccc2)C=CC=C1. The molecule has 1 aromatic carbocycles. The molecule has 30 heavy (non-hydrogen) atoms. The molecule has 9 heteroatoms. The van der Waals surface area contributed by atoms with Crippen molar-refractivity contribution in [2.75, 3.05) is 19.1 Å². The van der Waals surface area contributed by atoms with Crippen LogP contribution in [0.3, 0.4) is 0 Å². The van der Waals surface area contributed by atoms with Gasteiger partial charge in [0.15, 0.2) is 0 Å². The summed E-state index contributed by atoms with van der Waals surface area (Å²) in [6.07, 6.45) is 4.34. The van der Waals surface area contributed by atoms with E-state index in [0.29, 0.717) is 5.69 Å². The quantitative estimate of drug-likeness (QED) is 0.703. The zero-order chi connectivity index (χ0) is 21.9. The van der Waals surface area contributed by atoms with Crippen LogP contribution >= 0.6 is 0 Å². The van der Waals surface area contributed by atoms with Gasteiger partial charge in [-0.2, -0.15) is 13.2 Å². The van der Waals surface area contributed by atoms with Crippen LogP contribution < -0.4 is 4.90 Å². The van der Waals surface area contributed by atoms with Gasteiger partial charge in [0.05, 0.1) is 36.7 Å². The lowest BCUT2D eigenvalue weighted by Crippen LogP contribution is -2.28. The number of esters is 2. The van der Waals surface area contributed by atoms with Gasteiger partial charge in [-0.3, -0.25) is 0 Å². The van der Waals surface area contributed by atoms with Crippen LogP contribution in [-0.2, 0) is 25.2 Å². The van der Waals surface area contributed by atoms with Crippen molar-refractivity contribution >= 4 is 17.6 Å². The number of aromatic nitrogens is 1. The van der Waals surface area contributed by atoms with Gasteiger partial charge < -0.3 is 18.9 Å². The first-order valence-corrected chi connectivity index (χ1v) is 8.67. The average molecular weight is 418 g/mol. The topological polar surface area (TPSA) is 60.8 Å². The molecular formula is C21H17F3N2O4. The molecule has 0 fully saturated rings. The summed E-state index contributed by atoms with van der Waals surface area (Å²) in [5.41, 5.74) is -0.983. The minimum atomic E-state index is -4.61. The second kappa shape index (κ2) is 8.32. The van der Waals surface area contributed by atoms with E-state index in [9.17, 15) is 22.8 Å². The number of hydrogen-bond acceptors (Lipinski definition) is 5. The Balaban J connectivity index is 2.32. The monoisotopic (exact) mass is 418 g/mol. The van der Waals surface area contributed by atoms with Crippen molar-refractivity contribution in [3.8, 4) is 5.69 Å². The fourth-order valence-electron chi connectivity index (χ4n) is 2.96. The predicted octanol–water partition coefficient (Wildman–Crippen LogP) is 3.99. The molecule has 0 unspecified atom stereocenters. The second-order valence-corrected chi connectivity index (χ2v) is 6.11. The summed E-state index contributed by atoms with van der Waals surface area (Å²) < 4.78 is 51.5. The molecule has 0 amide bonds. The summed E-state index contributed by atoms with van der Waals surface area (Å²) in [5.74, 6) is -1.75. The minimum Gasteiger partial charge on any atom is -0.465 e. The number of halogens is 3. The van der Waals surface area contributed by atoms with Crippen molar-refractivity contribution in [1.82, 2.24) is 4.57 Å². The van der Waals surface area contributed by atoms with Gasteiger partial charge >= 0.3 is 18.1 Å². The zero-order valence-corrected chi connectivity index (χ0v) is 16.0. The molecule has 0 radical (unpaired) electrons. The van der Waals surface area contributed by atoms with Crippen LogP contribution in [0, 0.1) is 0 Å². The van der Waals surface area contributed by atoms with Gasteiger partial charge in [-0.25, -0.2) is 9.59 Å². The Bertz CT molecular complexity index is 1050. The number of benzene rings is 1. The fourth-order valence-corrected chi connectivity index (χ4v) is 2.96. The van der Waals surface area contributed by atoms with E-state index in [1.165, 1.54) is 35.4 Å². The second-order valence-electron chi connectivity index (χ2n) is 6.11. The molecule has 0 spiro atoms. The molecule has 156 valence electrons. The third-order valence-corrected chi connectivity index (χ3v) is 4.33. The number of anilines is 1. The van der Waals surface area contributed by atoms with Crippen molar-refractivity contribution in [3.63, 3.8) is 0 Å². The molecule has 2 heterocycles. The molecule has 0 atom stereocenters. The predicted molar refractivity (Wildman–Crippen MR) is 103 cm³/mol. The van der Waals surface area contributed by atoms with Gasteiger partial charge in [0.25, 0.3) is 0 Å². The maximum absolute atomic E-state index is 13.4. The number of methoxy groups -OCH3 is 2. The highest BCUT2D eigenvalue weighted by atomic mass is 19.4.